The average molecular weight is 781 g/mol. The number of hydrogen-bond donors (Lipinski definition) is 5. The standard InChI is InChI=1S/C41H68N2O12/c1-9-26(37(46)47)28-13-12-14-31(51-28)33(42)35(45)24(6)34(44)27(10-2)36-22(4)21-23(5)40(54-36)20-17-32(52-38(48)43-8)41(55-40)19-16-30(53-41)29-15-18-39(49,11-3)25(7)50-29/h17,20,22-33,35-36,45,49H,9-16,18-19,21,42H2,1-8H3,(H,43,48)(H,46,47). The molecule has 14 heteroatoms. The first-order valence-corrected chi connectivity index (χ1v) is 20.8. The van der Waals surface area contributed by atoms with Crippen LogP contribution in [0.25, 0.3) is 0 Å². The van der Waals surface area contributed by atoms with Gasteiger partial charge in [0.05, 0.1) is 60.3 Å². The maximum atomic E-state index is 14.4. The van der Waals surface area contributed by atoms with Gasteiger partial charge in [-0.3, -0.25) is 9.59 Å². The van der Waals surface area contributed by atoms with E-state index in [-0.39, 0.29) is 35.9 Å². The Kier molecular flexibility index (Phi) is 14.2. The molecule has 5 aliphatic rings. The van der Waals surface area contributed by atoms with Gasteiger partial charge in [-0.2, -0.15) is 0 Å². The molecule has 17 unspecified atom stereocenters. The Morgan fingerprint density at radius 1 is 0.964 bits per heavy atom. The summed E-state index contributed by atoms with van der Waals surface area (Å²) in [4.78, 5) is 38.8. The number of Topliss-reactive ketones (excluding diaryl/α,β-unsaturated/α-hetero) is 1. The zero-order valence-electron chi connectivity index (χ0n) is 34.1. The number of carbonyl (C=O) groups is 3. The van der Waals surface area contributed by atoms with Crippen molar-refractivity contribution >= 4 is 17.8 Å². The predicted molar refractivity (Wildman–Crippen MR) is 202 cm³/mol. The molecule has 4 fully saturated rings. The molecule has 5 heterocycles. The van der Waals surface area contributed by atoms with Crippen molar-refractivity contribution < 1.29 is 58.1 Å². The van der Waals surface area contributed by atoms with Crippen LogP contribution < -0.4 is 11.1 Å². The Bertz CT molecular complexity index is 1380. The lowest BCUT2D eigenvalue weighted by Crippen LogP contribution is -2.63. The van der Waals surface area contributed by atoms with E-state index in [2.05, 4.69) is 12.2 Å². The maximum absolute atomic E-state index is 14.4. The third-order valence-corrected chi connectivity index (χ3v) is 13.7. The van der Waals surface area contributed by atoms with Gasteiger partial charge in [0, 0.05) is 31.2 Å². The summed E-state index contributed by atoms with van der Waals surface area (Å²) in [6, 6.07) is -0.886. The molecule has 0 aromatic carbocycles. The summed E-state index contributed by atoms with van der Waals surface area (Å²) in [6.45, 7) is 13.3. The Hall–Kier alpha value is -2.17. The number of nitrogens with one attached hydrogen (secondary N) is 1. The summed E-state index contributed by atoms with van der Waals surface area (Å²) in [7, 11) is 1.49. The van der Waals surface area contributed by atoms with Crippen molar-refractivity contribution in [2.45, 2.75) is 191 Å². The molecule has 6 N–H and O–H groups in total. The fraction of sp³-hybridized carbons (Fsp3) is 0.878. The molecule has 1 amide bonds. The average Bonchev–Trinajstić information content (AvgIpc) is 3.59. The second-order valence-electron chi connectivity index (χ2n) is 17.0. The summed E-state index contributed by atoms with van der Waals surface area (Å²) in [5.74, 6) is -6.13. The number of carboxylic acids is 1. The molecule has 314 valence electrons. The minimum Gasteiger partial charge on any atom is -0.481 e. The molecule has 0 aliphatic carbocycles. The summed E-state index contributed by atoms with van der Waals surface area (Å²) < 4.78 is 39.1. The highest BCUT2D eigenvalue weighted by atomic mass is 16.8. The normalized spacial score (nSPS) is 42.0. The molecule has 0 aromatic rings. The van der Waals surface area contributed by atoms with Crippen LogP contribution in [-0.4, -0.2) is 112 Å². The first-order valence-electron chi connectivity index (χ1n) is 20.8. The van der Waals surface area contributed by atoms with Crippen molar-refractivity contribution in [3.63, 3.8) is 0 Å². The number of aliphatic hydroxyl groups is 2. The lowest BCUT2D eigenvalue weighted by Gasteiger charge is -2.54. The number of carbonyl (C=O) groups excluding carboxylic acids is 2. The Balaban J connectivity index is 1.34. The lowest BCUT2D eigenvalue weighted by molar-refractivity contribution is -0.400. The van der Waals surface area contributed by atoms with Crippen LogP contribution in [0.2, 0.25) is 0 Å². The van der Waals surface area contributed by atoms with Gasteiger partial charge < -0.3 is 54.8 Å². The molecular formula is C41H68N2O12. The van der Waals surface area contributed by atoms with E-state index in [1.54, 1.807) is 19.1 Å². The van der Waals surface area contributed by atoms with Crippen LogP contribution in [0.15, 0.2) is 12.2 Å². The number of hydrogen-bond acceptors (Lipinski definition) is 12. The van der Waals surface area contributed by atoms with Crippen molar-refractivity contribution in [3.8, 4) is 0 Å². The number of nitrogens with two attached hydrogens (primary N) is 1. The number of rotatable bonds is 13. The highest BCUT2D eigenvalue weighted by Gasteiger charge is 2.61. The van der Waals surface area contributed by atoms with Gasteiger partial charge in [0.25, 0.3) is 0 Å². The fourth-order valence-electron chi connectivity index (χ4n) is 9.91. The van der Waals surface area contributed by atoms with E-state index in [1.165, 1.54) is 7.05 Å². The lowest BCUT2D eigenvalue weighted by atomic mass is 9.73. The highest BCUT2D eigenvalue weighted by Crippen LogP contribution is 2.52. The summed E-state index contributed by atoms with van der Waals surface area (Å²) in [5.41, 5.74) is 5.69. The van der Waals surface area contributed by atoms with E-state index in [4.69, 9.17) is 34.2 Å². The van der Waals surface area contributed by atoms with E-state index in [1.807, 2.05) is 34.6 Å². The van der Waals surface area contributed by atoms with E-state index in [9.17, 15) is 29.7 Å². The molecule has 0 saturated carbocycles. The number of ketones is 1. The second kappa shape index (κ2) is 17.8. The molecule has 0 bridgehead atoms. The van der Waals surface area contributed by atoms with E-state index >= 15 is 0 Å². The van der Waals surface area contributed by atoms with Gasteiger partial charge in [0.2, 0.25) is 5.79 Å². The van der Waals surface area contributed by atoms with Gasteiger partial charge >= 0.3 is 12.1 Å². The van der Waals surface area contributed by atoms with Crippen molar-refractivity contribution in [2.24, 2.45) is 35.3 Å². The first kappa shape index (κ1) is 43.9. The molecule has 2 spiro atoms. The zero-order chi connectivity index (χ0) is 40.5. The van der Waals surface area contributed by atoms with E-state index in [0.717, 1.165) is 6.42 Å². The number of ether oxygens (including phenoxy) is 6. The van der Waals surface area contributed by atoms with Crippen LogP contribution in [0.4, 0.5) is 4.79 Å². The summed E-state index contributed by atoms with van der Waals surface area (Å²) >= 11 is 0. The van der Waals surface area contributed by atoms with Gasteiger partial charge in [-0.05, 0) is 89.2 Å². The quantitative estimate of drug-likeness (QED) is 0.162. The zero-order valence-corrected chi connectivity index (χ0v) is 34.1. The van der Waals surface area contributed by atoms with Crippen molar-refractivity contribution in [1.29, 1.82) is 0 Å². The van der Waals surface area contributed by atoms with Crippen LogP contribution in [0, 0.1) is 29.6 Å². The Morgan fingerprint density at radius 2 is 1.64 bits per heavy atom. The van der Waals surface area contributed by atoms with E-state index < -0.39 is 83.6 Å². The Labute approximate surface area is 326 Å². The Morgan fingerprint density at radius 3 is 2.25 bits per heavy atom. The van der Waals surface area contributed by atoms with Gasteiger partial charge in [-0.25, -0.2) is 4.79 Å². The topological polar surface area (TPSA) is 205 Å². The number of amides is 1. The largest absolute Gasteiger partial charge is 0.481 e. The molecule has 4 saturated heterocycles. The van der Waals surface area contributed by atoms with Crippen LogP contribution in [-0.2, 0) is 38.0 Å². The van der Waals surface area contributed by atoms with Crippen molar-refractivity contribution in [2.75, 3.05) is 7.05 Å². The van der Waals surface area contributed by atoms with Gasteiger partial charge in [0.15, 0.2) is 11.9 Å². The third-order valence-electron chi connectivity index (χ3n) is 13.7. The fourth-order valence-corrected chi connectivity index (χ4v) is 9.91. The van der Waals surface area contributed by atoms with Crippen molar-refractivity contribution in [1.82, 2.24) is 5.32 Å². The molecule has 55 heavy (non-hydrogen) atoms. The molecule has 0 aromatic heterocycles. The van der Waals surface area contributed by atoms with Gasteiger partial charge in [-0.1, -0.05) is 41.5 Å². The second-order valence-corrected chi connectivity index (χ2v) is 17.0. The minimum absolute atomic E-state index is 0.0450. The van der Waals surface area contributed by atoms with Crippen LogP contribution in [0.3, 0.4) is 0 Å². The maximum Gasteiger partial charge on any atom is 0.407 e. The molecular weight excluding hydrogens is 712 g/mol. The number of alkyl carbamates (subject to hydrolysis) is 1. The molecule has 0 radical (unpaired) electrons. The minimum atomic E-state index is -1.40. The van der Waals surface area contributed by atoms with Crippen LogP contribution in [0.1, 0.15) is 119 Å². The summed E-state index contributed by atoms with van der Waals surface area (Å²) in [5, 5.41) is 34.8. The number of carboxylic acid groups (broad SMARTS) is 1. The first-order chi connectivity index (χ1) is 26.0. The van der Waals surface area contributed by atoms with E-state index in [0.29, 0.717) is 64.2 Å². The summed E-state index contributed by atoms with van der Waals surface area (Å²) in [6.07, 6.45) is 4.22. The van der Waals surface area contributed by atoms with Crippen molar-refractivity contribution in [3.05, 3.63) is 12.2 Å². The molecule has 5 aliphatic heterocycles. The highest BCUT2D eigenvalue weighted by molar-refractivity contribution is 5.84. The van der Waals surface area contributed by atoms with Crippen LogP contribution >= 0.6 is 0 Å². The monoisotopic (exact) mass is 780 g/mol. The number of aliphatic carboxylic acids is 1. The third kappa shape index (κ3) is 8.81. The molecule has 17 atom stereocenters. The van der Waals surface area contributed by atoms with Gasteiger partial charge in [-0.15, -0.1) is 0 Å². The van der Waals surface area contributed by atoms with Gasteiger partial charge in [0.1, 0.15) is 5.78 Å². The van der Waals surface area contributed by atoms with Crippen LogP contribution in [0.5, 0.6) is 0 Å². The number of aliphatic hydroxyl groups excluding tert-OH is 1. The SMILES string of the molecule is CCC(C(=O)O)C1CCCC(C(N)C(O)C(C)C(=O)C(CC)C2OC3(C=CC(OC(=O)NC)C4(CCC(C5CCC(O)(CC)C(C)O5)O4)O3)C(C)CC2C)O1. The predicted octanol–water partition coefficient (Wildman–Crippen LogP) is 4.61. The molecule has 5 rings (SSSR count). The smallest absolute Gasteiger partial charge is 0.407 e. The molecule has 14 nitrogen and oxygen atoms in total.